The van der Waals surface area contributed by atoms with E-state index in [1.54, 1.807) is 0 Å². The summed E-state index contributed by atoms with van der Waals surface area (Å²) in [5, 5.41) is 0. The summed E-state index contributed by atoms with van der Waals surface area (Å²) in [6, 6.07) is 30.7. The maximum absolute atomic E-state index is 6.88. The minimum absolute atomic E-state index is 0.0239. The van der Waals surface area contributed by atoms with Crippen LogP contribution in [0, 0.1) is 5.92 Å². The number of benzene rings is 2. The summed E-state index contributed by atoms with van der Waals surface area (Å²) in [6.45, 7) is 8.92. The Balaban J connectivity index is 1.40. The summed E-state index contributed by atoms with van der Waals surface area (Å²) in [6.07, 6.45) is 13.3. The molecule has 3 aliphatic rings. The van der Waals surface area contributed by atoms with Crippen molar-refractivity contribution in [2.45, 2.75) is 51.5 Å². The van der Waals surface area contributed by atoms with Crippen molar-refractivity contribution in [2.24, 2.45) is 10.9 Å². The van der Waals surface area contributed by atoms with Gasteiger partial charge in [-0.15, -0.1) is 0 Å². The molecule has 0 saturated carbocycles. The maximum atomic E-state index is 6.88. The van der Waals surface area contributed by atoms with Gasteiger partial charge in [0.25, 0.3) is 0 Å². The van der Waals surface area contributed by atoms with E-state index in [1.807, 2.05) is 0 Å². The number of furan rings is 1. The zero-order valence-electron chi connectivity index (χ0n) is 26.8. The molecule has 228 valence electrons. The van der Waals surface area contributed by atoms with E-state index in [0.29, 0.717) is 11.8 Å². The number of rotatable bonds is 5. The van der Waals surface area contributed by atoms with Gasteiger partial charge in [-0.1, -0.05) is 107 Å². The molecule has 4 heteroatoms. The third-order valence-corrected chi connectivity index (χ3v) is 9.70. The molecule has 2 unspecified atom stereocenters. The molecule has 0 radical (unpaired) electrons. The number of H-pyrrole nitrogens is 2. The van der Waals surface area contributed by atoms with Crippen LogP contribution in [0.4, 0.5) is 0 Å². The van der Waals surface area contributed by atoms with Gasteiger partial charge >= 0.3 is 0 Å². The summed E-state index contributed by atoms with van der Waals surface area (Å²) in [4.78, 5) is 12.9. The Hall–Kier alpha value is -5.09. The number of nitrogens with zero attached hydrogens (tertiary/aromatic N) is 1. The second kappa shape index (κ2) is 11.4. The summed E-state index contributed by atoms with van der Waals surface area (Å²) >= 11 is 0. The summed E-state index contributed by atoms with van der Waals surface area (Å²) in [7, 11) is 0. The average molecular weight is 602 g/mol. The van der Waals surface area contributed by atoms with E-state index >= 15 is 0 Å². The van der Waals surface area contributed by atoms with Gasteiger partial charge in [-0.2, -0.15) is 0 Å². The van der Waals surface area contributed by atoms with Crippen LogP contribution in [0.15, 0.2) is 131 Å². The molecule has 0 fully saturated rings. The van der Waals surface area contributed by atoms with Crippen molar-refractivity contribution in [3.63, 3.8) is 0 Å². The van der Waals surface area contributed by atoms with Crippen LogP contribution in [-0.2, 0) is 0 Å². The number of hydrogen-bond donors (Lipinski definition) is 2. The third kappa shape index (κ3) is 4.99. The lowest BCUT2D eigenvalue weighted by atomic mass is 9.84. The van der Waals surface area contributed by atoms with Crippen LogP contribution in [0.5, 0.6) is 0 Å². The van der Waals surface area contributed by atoms with Crippen molar-refractivity contribution in [3.05, 3.63) is 166 Å². The van der Waals surface area contributed by atoms with E-state index in [-0.39, 0.29) is 17.9 Å². The van der Waals surface area contributed by atoms with Gasteiger partial charge in [-0.05, 0) is 76.6 Å². The highest BCUT2D eigenvalue weighted by Crippen LogP contribution is 2.38. The van der Waals surface area contributed by atoms with E-state index < -0.39 is 0 Å². The van der Waals surface area contributed by atoms with Gasteiger partial charge in [0.2, 0.25) is 0 Å². The van der Waals surface area contributed by atoms with Crippen molar-refractivity contribution >= 4 is 16.9 Å². The molecule has 3 aromatic heterocycles. The van der Waals surface area contributed by atoms with E-state index in [1.165, 1.54) is 16.8 Å². The van der Waals surface area contributed by atoms with Crippen molar-refractivity contribution in [1.29, 1.82) is 0 Å². The molecule has 0 amide bonds. The molecule has 2 aromatic carbocycles. The molecule has 5 heterocycles. The zero-order chi connectivity index (χ0) is 31.4. The van der Waals surface area contributed by atoms with Gasteiger partial charge in [-0.3, -0.25) is 4.99 Å². The predicted octanol–water partition coefficient (Wildman–Crippen LogP) is 8.51. The second-order valence-corrected chi connectivity index (χ2v) is 13.3. The Morgan fingerprint density at radius 3 is 1.80 bits per heavy atom. The van der Waals surface area contributed by atoms with Crippen molar-refractivity contribution in [3.8, 4) is 11.4 Å². The lowest BCUT2D eigenvalue weighted by molar-refractivity contribution is 0.499. The highest BCUT2D eigenvalue weighted by Gasteiger charge is 2.32. The first-order valence-electron chi connectivity index (χ1n) is 16.5. The minimum Gasteiger partial charge on any atom is -0.456 e. The van der Waals surface area contributed by atoms with Crippen molar-refractivity contribution in [2.75, 3.05) is 0 Å². The Morgan fingerprint density at radius 2 is 1.15 bits per heavy atom. The Morgan fingerprint density at radius 1 is 0.587 bits per heavy atom. The Bertz CT molecular complexity index is 2140. The van der Waals surface area contributed by atoms with Gasteiger partial charge in [0, 0.05) is 28.7 Å². The molecule has 8 rings (SSSR count). The van der Waals surface area contributed by atoms with Crippen LogP contribution in [-0.4, -0.2) is 21.7 Å². The van der Waals surface area contributed by atoms with E-state index in [2.05, 4.69) is 159 Å². The van der Waals surface area contributed by atoms with Crippen LogP contribution in [0.1, 0.15) is 79.1 Å². The summed E-state index contributed by atoms with van der Waals surface area (Å²) < 4.78 is 6.88. The number of hydrogen-bond acceptors (Lipinski definition) is 2. The molecular formula is C42H39N3O. The average Bonchev–Trinajstić information content (AvgIpc) is 3.90. The number of aromatic amines is 2. The highest BCUT2D eigenvalue weighted by atomic mass is 16.3. The molecule has 2 atom stereocenters. The lowest BCUT2D eigenvalue weighted by Gasteiger charge is -2.24. The quantitative estimate of drug-likeness (QED) is 0.208. The summed E-state index contributed by atoms with van der Waals surface area (Å²) in [5.74, 6) is 1.30. The molecule has 8 bridgehead atoms. The molecule has 1 aliphatic carbocycles. The van der Waals surface area contributed by atoms with Gasteiger partial charge in [0.05, 0.1) is 28.8 Å². The van der Waals surface area contributed by atoms with Gasteiger partial charge in [0.1, 0.15) is 10.8 Å². The fraction of sp³-hybridized carbons (Fsp3) is 0.214. The molecule has 46 heavy (non-hydrogen) atoms. The predicted molar refractivity (Wildman–Crippen MR) is 189 cm³/mol. The fourth-order valence-corrected chi connectivity index (χ4v) is 7.08. The number of fused-ring (bicyclic) bond motifs is 8. The van der Waals surface area contributed by atoms with Crippen molar-refractivity contribution in [1.82, 2.24) is 9.97 Å². The topological polar surface area (TPSA) is 57.1 Å². The molecule has 4 nitrogen and oxygen atoms in total. The van der Waals surface area contributed by atoms with Gasteiger partial charge < -0.3 is 14.4 Å². The maximum Gasteiger partial charge on any atom is 0.137 e. The highest BCUT2D eigenvalue weighted by molar-refractivity contribution is 6.29. The molecule has 0 spiro atoms. The van der Waals surface area contributed by atoms with Gasteiger partial charge in [0.15, 0.2) is 0 Å². The number of aliphatic imine (C=N–C) groups is 1. The first kappa shape index (κ1) is 28.4. The molecule has 5 aromatic rings. The van der Waals surface area contributed by atoms with Crippen LogP contribution in [0.3, 0.4) is 0 Å². The number of allylic oxidation sites excluding steroid dienone is 5. The number of aromatic nitrogens is 2. The van der Waals surface area contributed by atoms with Crippen molar-refractivity contribution < 1.29 is 4.42 Å². The van der Waals surface area contributed by atoms with Crippen LogP contribution in [0.2, 0.25) is 0 Å². The molecule has 2 aliphatic heterocycles. The Kier molecular flexibility index (Phi) is 7.01. The standard InChI is InChI=1S/C42H39N3O/c1-25(2)27-9-13-30(14-10-27)41-36-20-18-33(44-36)32-17-19-34(43-32)40(29-7-5-6-8-29)35-21-22-37(45-35)42(39-24-23-38(41)46-39)31-15-11-28(12-16-31)26(3)4/h5-26,29,35,40,43-44H,1-4H3/b41-38-,42-39-. The SMILES string of the molecule is CC(C)c1ccc(/C2=c3\cc/c(o3)=C(\c3ccc(C(C)C)cc3)c3ccc([nH]3)-c3ccc([nH]3)C(C3C=CC=C3)C3C=CC2=N3)cc1. The van der Waals surface area contributed by atoms with Gasteiger partial charge in [-0.25, -0.2) is 0 Å². The Labute approximate surface area is 270 Å². The minimum atomic E-state index is -0.0239. The second-order valence-electron chi connectivity index (χ2n) is 13.3. The lowest BCUT2D eigenvalue weighted by Crippen LogP contribution is -2.21. The first-order chi connectivity index (χ1) is 22.4. The monoisotopic (exact) mass is 601 g/mol. The molecule has 2 N–H and O–H groups in total. The van der Waals surface area contributed by atoms with Crippen LogP contribution >= 0.6 is 0 Å². The van der Waals surface area contributed by atoms with Crippen LogP contribution in [0.25, 0.3) is 22.5 Å². The zero-order valence-corrected chi connectivity index (χ0v) is 26.8. The molecule has 0 saturated heterocycles. The smallest absolute Gasteiger partial charge is 0.137 e. The van der Waals surface area contributed by atoms with E-state index in [4.69, 9.17) is 9.41 Å². The largest absolute Gasteiger partial charge is 0.456 e. The number of nitrogens with one attached hydrogen (secondary N) is 2. The van der Waals surface area contributed by atoms with E-state index in [9.17, 15) is 0 Å². The van der Waals surface area contributed by atoms with E-state index in [0.717, 1.165) is 55.9 Å². The molecular weight excluding hydrogens is 562 g/mol. The summed E-state index contributed by atoms with van der Waals surface area (Å²) in [5.41, 5.74) is 13.8. The van der Waals surface area contributed by atoms with Crippen LogP contribution < -0.4 is 10.8 Å². The fourth-order valence-electron chi connectivity index (χ4n) is 7.08. The third-order valence-electron chi connectivity index (χ3n) is 9.70. The normalized spacial score (nSPS) is 21.3. The first-order valence-corrected chi connectivity index (χ1v) is 16.5.